The van der Waals surface area contributed by atoms with Crippen LogP contribution in [0.2, 0.25) is 0 Å². The Kier molecular flexibility index (Phi) is 3.74. The third-order valence-electron chi connectivity index (χ3n) is 3.69. The quantitative estimate of drug-likeness (QED) is 0.580. The lowest BCUT2D eigenvalue weighted by Crippen LogP contribution is -1.96. The number of ether oxygens (including phenoxy) is 1. The maximum absolute atomic E-state index is 13.3. The van der Waals surface area contributed by atoms with Gasteiger partial charge in [0.05, 0.1) is 11.4 Å². The number of aromatic nitrogens is 4. The number of rotatable bonds is 4. The molecule has 0 atom stereocenters. The van der Waals surface area contributed by atoms with Gasteiger partial charge in [-0.15, -0.1) is 0 Å². The second-order valence-corrected chi connectivity index (χ2v) is 5.48. The van der Waals surface area contributed by atoms with E-state index in [4.69, 9.17) is 10.5 Å². The van der Waals surface area contributed by atoms with Crippen molar-refractivity contribution in [2.75, 3.05) is 5.73 Å². The predicted octanol–water partition coefficient (Wildman–Crippen LogP) is 3.09. The minimum Gasteiger partial charge on any atom is -0.471 e. The van der Waals surface area contributed by atoms with Crippen LogP contribution in [0.1, 0.15) is 5.69 Å². The number of nitrogens with two attached hydrogens (primary N) is 1. The first-order chi connectivity index (χ1) is 12.2. The third-order valence-corrected chi connectivity index (χ3v) is 3.69. The van der Waals surface area contributed by atoms with Gasteiger partial charge >= 0.3 is 0 Å². The minimum absolute atomic E-state index is 0.104. The largest absolute Gasteiger partial charge is 0.471 e. The molecule has 3 aromatic heterocycles. The Bertz CT molecular complexity index is 1030. The van der Waals surface area contributed by atoms with Crippen molar-refractivity contribution in [2.24, 2.45) is 0 Å². The molecular formula is C18H14FN5O. The molecule has 0 unspecified atom stereocenters. The van der Waals surface area contributed by atoms with E-state index >= 15 is 0 Å². The molecule has 25 heavy (non-hydrogen) atoms. The summed E-state index contributed by atoms with van der Waals surface area (Å²) in [6.07, 6.45) is 7.05. The van der Waals surface area contributed by atoms with Gasteiger partial charge in [0.25, 0.3) is 0 Å². The average molecular weight is 335 g/mol. The van der Waals surface area contributed by atoms with E-state index in [-0.39, 0.29) is 5.69 Å². The SMILES string of the molecule is Nc1cc(-c2cnc3nc(COc4ccccn4)cn3c2)ccc1F. The number of pyridine rings is 1. The van der Waals surface area contributed by atoms with E-state index in [1.165, 1.54) is 6.07 Å². The van der Waals surface area contributed by atoms with Crippen molar-refractivity contribution in [3.8, 4) is 17.0 Å². The van der Waals surface area contributed by atoms with Gasteiger partial charge in [0, 0.05) is 36.4 Å². The molecular weight excluding hydrogens is 321 g/mol. The van der Waals surface area contributed by atoms with Crippen molar-refractivity contribution >= 4 is 11.5 Å². The van der Waals surface area contributed by atoms with Crippen LogP contribution >= 0.6 is 0 Å². The summed E-state index contributed by atoms with van der Waals surface area (Å²) >= 11 is 0. The predicted molar refractivity (Wildman–Crippen MR) is 91.4 cm³/mol. The summed E-state index contributed by atoms with van der Waals surface area (Å²) in [5.74, 6) is 0.655. The van der Waals surface area contributed by atoms with Crippen LogP contribution in [0.5, 0.6) is 5.88 Å². The molecule has 0 spiro atoms. The summed E-state index contributed by atoms with van der Waals surface area (Å²) in [6, 6.07) is 10.1. The Hall–Kier alpha value is -3.48. The van der Waals surface area contributed by atoms with Crippen LogP contribution in [0.15, 0.2) is 61.2 Å². The van der Waals surface area contributed by atoms with Gasteiger partial charge in [-0.25, -0.2) is 19.3 Å². The first-order valence-electron chi connectivity index (χ1n) is 7.62. The lowest BCUT2D eigenvalue weighted by atomic mass is 10.1. The summed E-state index contributed by atoms with van der Waals surface area (Å²) in [5, 5.41) is 0. The van der Waals surface area contributed by atoms with E-state index in [1.54, 1.807) is 35.0 Å². The lowest BCUT2D eigenvalue weighted by Gasteiger charge is -2.04. The highest BCUT2D eigenvalue weighted by molar-refractivity contribution is 5.66. The summed E-state index contributed by atoms with van der Waals surface area (Å²) < 4.78 is 20.7. The van der Waals surface area contributed by atoms with Crippen molar-refractivity contribution < 1.29 is 9.13 Å². The molecule has 4 aromatic rings. The molecule has 2 N–H and O–H groups in total. The van der Waals surface area contributed by atoms with Crippen molar-refractivity contribution in [1.29, 1.82) is 0 Å². The summed E-state index contributed by atoms with van der Waals surface area (Å²) in [6.45, 7) is 0.291. The first-order valence-corrected chi connectivity index (χ1v) is 7.62. The standard InChI is InChI=1S/C18H14FN5O/c19-15-5-4-12(7-16(15)20)13-8-22-18-23-14(10-24(18)9-13)11-25-17-3-1-2-6-21-17/h1-10H,11,20H2. The van der Waals surface area contributed by atoms with Crippen molar-refractivity contribution in [3.05, 3.63) is 72.7 Å². The minimum atomic E-state index is -0.436. The van der Waals surface area contributed by atoms with E-state index in [2.05, 4.69) is 15.0 Å². The molecule has 0 radical (unpaired) electrons. The number of nitrogens with zero attached hydrogens (tertiary/aromatic N) is 4. The zero-order valence-corrected chi connectivity index (χ0v) is 13.1. The smallest absolute Gasteiger partial charge is 0.234 e. The van der Waals surface area contributed by atoms with E-state index in [0.29, 0.717) is 18.3 Å². The fraction of sp³-hybridized carbons (Fsp3) is 0.0556. The van der Waals surface area contributed by atoms with Gasteiger partial charge in [0.15, 0.2) is 0 Å². The van der Waals surface area contributed by atoms with Gasteiger partial charge in [-0.05, 0) is 23.8 Å². The van der Waals surface area contributed by atoms with Crippen LogP contribution in [0.3, 0.4) is 0 Å². The van der Waals surface area contributed by atoms with Gasteiger partial charge in [0.1, 0.15) is 12.4 Å². The summed E-state index contributed by atoms with van der Waals surface area (Å²) in [7, 11) is 0. The van der Waals surface area contributed by atoms with Crippen LogP contribution in [-0.4, -0.2) is 19.4 Å². The molecule has 7 heteroatoms. The van der Waals surface area contributed by atoms with Gasteiger partial charge < -0.3 is 10.5 Å². The second kappa shape index (κ2) is 6.20. The molecule has 124 valence electrons. The number of fused-ring (bicyclic) bond motifs is 1. The molecule has 0 amide bonds. The Morgan fingerprint density at radius 2 is 2.00 bits per heavy atom. The summed E-state index contributed by atoms with van der Waals surface area (Å²) in [4.78, 5) is 12.8. The normalized spacial score (nSPS) is 10.9. The van der Waals surface area contributed by atoms with Gasteiger partial charge in [-0.3, -0.25) is 4.40 Å². The Balaban J connectivity index is 1.59. The van der Waals surface area contributed by atoms with E-state index in [0.717, 1.165) is 16.8 Å². The van der Waals surface area contributed by atoms with Crippen LogP contribution in [0, 0.1) is 5.82 Å². The fourth-order valence-electron chi connectivity index (χ4n) is 2.46. The number of imidazole rings is 1. The highest BCUT2D eigenvalue weighted by Gasteiger charge is 2.07. The average Bonchev–Trinajstić information content (AvgIpc) is 3.05. The number of nitrogen functional groups attached to an aromatic ring is 1. The third kappa shape index (κ3) is 3.12. The lowest BCUT2D eigenvalue weighted by molar-refractivity contribution is 0.290. The number of benzene rings is 1. The molecule has 0 aliphatic carbocycles. The molecule has 0 saturated heterocycles. The van der Waals surface area contributed by atoms with Gasteiger partial charge in [-0.1, -0.05) is 12.1 Å². The maximum atomic E-state index is 13.3. The molecule has 0 fully saturated rings. The molecule has 0 saturated carbocycles. The Morgan fingerprint density at radius 1 is 1.08 bits per heavy atom. The maximum Gasteiger partial charge on any atom is 0.234 e. The van der Waals surface area contributed by atoms with Gasteiger partial charge in [0.2, 0.25) is 11.7 Å². The highest BCUT2D eigenvalue weighted by Crippen LogP contribution is 2.23. The second-order valence-electron chi connectivity index (χ2n) is 5.48. The zero-order valence-electron chi connectivity index (χ0n) is 13.1. The first kappa shape index (κ1) is 15.1. The van der Waals surface area contributed by atoms with E-state index in [1.807, 2.05) is 24.5 Å². The highest BCUT2D eigenvalue weighted by atomic mass is 19.1. The molecule has 4 rings (SSSR count). The van der Waals surface area contributed by atoms with Crippen LogP contribution in [0.25, 0.3) is 16.9 Å². The van der Waals surface area contributed by atoms with Crippen LogP contribution < -0.4 is 10.5 Å². The van der Waals surface area contributed by atoms with Crippen molar-refractivity contribution in [1.82, 2.24) is 19.4 Å². The van der Waals surface area contributed by atoms with Crippen LogP contribution in [-0.2, 0) is 6.61 Å². The number of halogens is 1. The molecule has 0 aliphatic heterocycles. The summed E-state index contributed by atoms with van der Waals surface area (Å²) in [5.41, 5.74) is 8.07. The van der Waals surface area contributed by atoms with Gasteiger partial charge in [-0.2, -0.15) is 0 Å². The number of hydrogen-bond acceptors (Lipinski definition) is 5. The fourth-order valence-corrected chi connectivity index (χ4v) is 2.46. The molecule has 1 aromatic carbocycles. The molecule has 0 aliphatic rings. The van der Waals surface area contributed by atoms with Crippen molar-refractivity contribution in [2.45, 2.75) is 6.61 Å². The zero-order chi connectivity index (χ0) is 17.2. The van der Waals surface area contributed by atoms with E-state index < -0.39 is 5.82 Å². The number of anilines is 1. The monoisotopic (exact) mass is 335 g/mol. The number of hydrogen-bond donors (Lipinski definition) is 1. The van der Waals surface area contributed by atoms with Crippen LogP contribution in [0.4, 0.5) is 10.1 Å². The van der Waals surface area contributed by atoms with E-state index in [9.17, 15) is 4.39 Å². The topological polar surface area (TPSA) is 78.3 Å². The molecule has 3 heterocycles. The molecule has 6 nitrogen and oxygen atoms in total. The molecule has 0 bridgehead atoms. The Labute approximate surface area is 142 Å². The Morgan fingerprint density at radius 3 is 2.80 bits per heavy atom. The van der Waals surface area contributed by atoms with Crippen molar-refractivity contribution in [3.63, 3.8) is 0 Å².